The average molecular weight is 688 g/mol. The monoisotopic (exact) mass is 687 g/mol. The molecule has 0 aliphatic rings. The third kappa shape index (κ3) is 4.47. The molecule has 0 aliphatic carbocycles. The highest BCUT2D eigenvalue weighted by Crippen LogP contribution is 2.45. The molecule has 0 saturated heterocycles. The molecule has 0 spiro atoms. The lowest BCUT2D eigenvalue weighted by molar-refractivity contribution is 0.670. The van der Waals surface area contributed by atoms with E-state index in [1.165, 1.54) is 40.3 Å². The molecular weight excluding hydrogens is 663 g/mol. The second kappa shape index (κ2) is 11.2. The number of benzene rings is 7. The Balaban J connectivity index is 1.15. The molecule has 0 aliphatic heterocycles. The van der Waals surface area contributed by atoms with Crippen molar-refractivity contribution in [3.63, 3.8) is 0 Å². The zero-order valence-electron chi connectivity index (χ0n) is 27.0. The van der Waals surface area contributed by atoms with Crippen LogP contribution in [-0.4, -0.2) is 15.0 Å². The maximum atomic E-state index is 6.51. The molecule has 7 aromatic carbocycles. The second-order valence-corrected chi connectivity index (χ2v) is 14.9. The van der Waals surface area contributed by atoms with Gasteiger partial charge in [-0.15, -0.1) is 22.7 Å². The van der Waals surface area contributed by atoms with Crippen LogP contribution in [0.2, 0.25) is 0 Å². The van der Waals surface area contributed by atoms with Crippen molar-refractivity contribution in [2.75, 3.05) is 0 Å². The lowest BCUT2D eigenvalue weighted by atomic mass is 9.97. The van der Waals surface area contributed by atoms with Crippen LogP contribution >= 0.6 is 22.7 Å². The third-order valence-electron chi connectivity index (χ3n) is 9.76. The van der Waals surface area contributed by atoms with E-state index in [9.17, 15) is 0 Å². The molecule has 0 bridgehead atoms. The molecular formula is C45H25N3OS2. The molecule has 0 N–H and O–H groups in total. The Morgan fingerprint density at radius 2 is 0.961 bits per heavy atom. The highest BCUT2D eigenvalue weighted by atomic mass is 32.1. The quantitative estimate of drug-likeness (QED) is 0.185. The van der Waals surface area contributed by atoms with E-state index in [0.717, 1.165) is 49.8 Å². The van der Waals surface area contributed by atoms with Crippen molar-refractivity contribution in [3.8, 4) is 45.3 Å². The van der Waals surface area contributed by atoms with Gasteiger partial charge in [0.05, 0.1) is 0 Å². The Kier molecular flexibility index (Phi) is 6.26. The predicted octanol–water partition coefficient (Wildman–Crippen LogP) is 13.2. The number of fused-ring (bicyclic) bond motifs is 9. The SMILES string of the molecule is c1ccc(-c2nc(-c3ccc4sc5cccc(-c6cccc7c6oc6ccccc67)c5c4c3)nc(-c3cccc4sc5ccccc5c34)n2)cc1. The van der Waals surface area contributed by atoms with Crippen LogP contribution in [0.3, 0.4) is 0 Å². The third-order valence-corrected chi connectivity index (χ3v) is 12.0. The maximum absolute atomic E-state index is 6.51. The summed E-state index contributed by atoms with van der Waals surface area (Å²) in [6.45, 7) is 0. The van der Waals surface area contributed by atoms with Crippen LogP contribution in [-0.2, 0) is 0 Å². The standard InChI is InChI=1S/C45H25N3OS2/c1-2-11-26(12-3-1)43-46-44(48-45(47-43)33-18-10-22-39-41(33)32-14-5-7-20-36(32)50-39)27-23-24-37-34(25-27)40-29(15-9-21-38(40)51-37)31-17-8-16-30-28-13-4-6-19-35(28)49-42(30)31/h1-25H. The van der Waals surface area contributed by atoms with E-state index >= 15 is 0 Å². The zero-order chi connectivity index (χ0) is 33.5. The van der Waals surface area contributed by atoms with Crippen molar-refractivity contribution in [3.05, 3.63) is 152 Å². The number of thiophene rings is 2. The van der Waals surface area contributed by atoms with Crippen molar-refractivity contribution >= 4 is 85.0 Å². The van der Waals surface area contributed by atoms with Gasteiger partial charge in [0.15, 0.2) is 17.5 Å². The highest BCUT2D eigenvalue weighted by Gasteiger charge is 2.20. The van der Waals surface area contributed by atoms with Gasteiger partial charge in [-0.05, 0) is 48.0 Å². The van der Waals surface area contributed by atoms with Crippen LogP contribution in [0.4, 0.5) is 0 Å². The highest BCUT2D eigenvalue weighted by molar-refractivity contribution is 7.26. The Bertz CT molecular complexity index is 3160. The number of para-hydroxylation sites is 2. The van der Waals surface area contributed by atoms with Crippen LogP contribution in [0.15, 0.2) is 156 Å². The molecule has 238 valence electrons. The molecule has 51 heavy (non-hydrogen) atoms. The number of furan rings is 1. The van der Waals surface area contributed by atoms with E-state index in [1.807, 2.05) is 30.3 Å². The van der Waals surface area contributed by atoms with Gasteiger partial charge in [0.1, 0.15) is 11.2 Å². The molecule has 0 unspecified atom stereocenters. The Morgan fingerprint density at radius 3 is 1.80 bits per heavy atom. The minimum Gasteiger partial charge on any atom is -0.455 e. The minimum atomic E-state index is 0.647. The van der Waals surface area contributed by atoms with E-state index in [4.69, 9.17) is 19.4 Å². The van der Waals surface area contributed by atoms with Crippen LogP contribution < -0.4 is 0 Å². The molecule has 6 heteroatoms. The molecule has 0 radical (unpaired) electrons. The number of hydrogen-bond acceptors (Lipinski definition) is 6. The summed E-state index contributed by atoms with van der Waals surface area (Å²) < 4.78 is 11.4. The van der Waals surface area contributed by atoms with E-state index in [-0.39, 0.29) is 0 Å². The van der Waals surface area contributed by atoms with Gasteiger partial charge in [-0.1, -0.05) is 109 Å². The predicted molar refractivity (Wildman–Crippen MR) is 215 cm³/mol. The van der Waals surface area contributed by atoms with Gasteiger partial charge in [0, 0.05) is 73.4 Å². The van der Waals surface area contributed by atoms with Crippen molar-refractivity contribution in [1.29, 1.82) is 0 Å². The number of nitrogens with zero attached hydrogens (tertiary/aromatic N) is 3. The van der Waals surface area contributed by atoms with E-state index in [1.54, 1.807) is 22.7 Å². The number of hydrogen-bond donors (Lipinski definition) is 0. The van der Waals surface area contributed by atoms with Crippen molar-refractivity contribution < 1.29 is 4.42 Å². The fourth-order valence-corrected chi connectivity index (χ4v) is 9.70. The smallest absolute Gasteiger partial charge is 0.164 e. The summed E-state index contributed by atoms with van der Waals surface area (Å²) in [6.07, 6.45) is 0. The molecule has 0 atom stereocenters. The number of rotatable bonds is 4. The van der Waals surface area contributed by atoms with E-state index in [0.29, 0.717) is 17.5 Å². The van der Waals surface area contributed by atoms with E-state index < -0.39 is 0 Å². The van der Waals surface area contributed by atoms with Crippen LogP contribution in [0.1, 0.15) is 0 Å². The van der Waals surface area contributed by atoms with Gasteiger partial charge in [0.2, 0.25) is 0 Å². The Morgan fingerprint density at radius 1 is 0.373 bits per heavy atom. The summed E-state index contributed by atoms with van der Waals surface area (Å²) >= 11 is 3.61. The average Bonchev–Trinajstić information content (AvgIpc) is 3.89. The first-order chi connectivity index (χ1) is 25.3. The minimum absolute atomic E-state index is 0.647. The summed E-state index contributed by atoms with van der Waals surface area (Å²) in [4.78, 5) is 15.5. The van der Waals surface area contributed by atoms with E-state index in [2.05, 4.69) is 121 Å². The van der Waals surface area contributed by atoms with Gasteiger partial charge >= 0.3 is 0 Å². The summed E-state index contributed by atoms with van der Waals surface area (Å²) in [5.74, 6) is 1.97. The fraction of sp³-hybridized carbons (Fsp3) is 0. The summed E-state index contributed by atoms with van der Waals surface area (Å²) in [7, 11) is 0. The lowest BCUT2D eigenvalue weighted by Crippen LogP contribution is -2.00. The molecule has 4 heterocycles. The van der Waals surface area contributed by atoms with Gasteiger partial charge in [0.25, 0.3) is 0 Å². The number of aromatic nitrogens is 3. The fourth-order valence-electron chi connectivity index (χ4n) is 7.45. The molecule has 0 saturated carbocycles. The van der Waals surface area contributed by atoms with Gasteiger partial charge < -0.3 is 4.42 Å². The largest absolute Gasteiger partial charge is 0.455 e. The molecule has 4 aromatic heterocycles. The molecule has 0 fully saturated rings. The lowest BCUT2D eigenvalue weighted by Gasteiger charge is -2.10. The van der Waals surface area contributed by atoms with Crippen LogP contribution in [0.5, 0.6) is 0 Å². The first-order valence-corrected chi connectivity index (χ1v) is 18.5. The van der Waals surface area contributed by atoms with Crippen LogP contribution in [0.25, 0.3) is 108 Å². The first-order valence-electron chi connectivity index (χ1n) is 16.9. The Labute approximate surface area is 299 Å². The molecule has 4 nitrogen and oxygen atoms in total. The molecule has 11 rings (SSSR count). The van der Waals surface area contributed by atoms with Crippen molar-refractivity contribution in [1.82, 2.24) is 15.0 Å². The summed E-state index contributed by atoms with van der Waals surface area (Å²) in [6, 6.07) is 53.1. The second-order valence-electron chi connectivity index (χ2n) is 12.7. The molecule has 0 amide bonds. The molecule has 11 aromatic rings. The summed E-state index contributed by atoms with van der Waals surface area (Å²) in [5, 5.41) is 7.03. The van der Waals surface area contributed by atoms with Crippen LogP contribution in [0, 0.1) is 0 Å². The van der Waals surface area contributed by atoms with Gasteiger partial charge in [-0.2, -0.15) is 0 Å². The first kappa shape index (κ1) is 28.6. The van der Waals surface area contributed by atoms with Gasteiger partial charge in [-0.25, -0.2) is 15.0 Å². The normalized spacial score (nSPS) is 11.9. The summed E-state index contributed by atoms with van der Waals surface area (Å²) in [5.41, 5.74) is 6.95. The van der Waals surface area contributed by atoms with Crippen molar-refractivity contribution in [2.24, 2.45) is 0 Å². The topological polar surface area (TPSA) is 51.8 Å². The van der Waals surface area contributed by atoms with Crippen molar-refractivity contribution in [2.45, 2.75) is 0 Å². The van der Waals surface area contributed by atoms with Gasteiger partial charge in [-0.3, -0.25) is 0 Å². The maximum Gasteiger partial charge on any atom is 0.164 e. The zero-order valence-corrected chi connectivity index (χ0v) is 28.6. The Hall–Kier alpha value is -6.21.